The molecular weight excluding hydrogens is 316 g/mol. The lowest BCUT2D eigenvalue weighted by atomic mass is 10.1. The number of hydrogen-bond acceptors (Lipinski definition) is 6. The Hall–Kier alpha value is -1.48. The quantitative estimate of drug-likeness (QED) is 0.799. The molecule has 4 atom stereocenters. The van der Waals surface area contributed by atoms with E-state index in [0.717, 1.165) is 12.8 Å². The molecule has 134 valence electrons. The topological polar surface area (TPSA) is 103 Å². The number of hydrogen-bond donors (Lipinski definition) is 2. The molecule has 0 bridgehead atoms. The van der Waals surface area contributed by atoms with Gasteiger partial charge in [-0.2, -0.15) is 0 Å². The lowest BCUT2D eigenvalue weighted by Gasteiger charge is -2.24. The Bertz CT molecular complexity index is 709. The number of aliphatic hydroxyl groups is 1. The lowest BCUT2D eigenvalue weighted by Crippen LogP contribution is -2.38. The Morgan fingerprint density at radius 2 is 2.00 bits per heavy atom. The Kier molecular flexibility index (Phi) is 4.65. The first-order chi connectivity index (χ1) is 11.4. The molecule has 2 saturated heterocycles. The van der Waals surface area contributed by atoms with E-state index in [4.69, 9.17) is 14.2 Å². The van der Waals surface area contributed by atoms with Gasteiger partial charge in [-0.15, -0.1) is 0 Å². The zero-order valence-electron chi connectivity index (χ0n) is 14.2. The third kappa shape index (κ3) is 3.06. The van der Waals surface area contributed by atoms with Gasteiger partial charge in [-0.05, 0) is 26.7 Å². The first-order valence-electron chi connectivity index (χ1n) is 8.32. The van der Waals surface area contributed by atoms with E-state index in [2.05, 4.69) is 4.98 Å². The van der Waals surface area contributed by atoms with Gasteiger partial charge in [0, 0.05) is 11.8 Å². The van der Waals surface area contributed by atoms with Gasteiger partial charge in [-0.3, -0.25) is 14.3 Å². The number of aromatic nitrogens is 2. The van der Waals surface area contributed by atoms with Crippen LogP contribution in [-0.2, 0) is 20.6 Å². The lowest BCUT2D eigenvalue weighted by molar-refractivity contribution is -0.200. The summed E-state index contributed by atoms with van der Waals surface area (Å²) in [5, 5.41) is 9.53. The van der Waals surface area contributed by atoms with Crippen LogP contribution in [0.4, 0.5) is 0 Å². The highest BCUT2D eigenvalue weighted by molar-refractivity contribution is 5.07. The third-order valence-electron chi connectivity index (χ3n) is 4.42. The molecule has 2 N–H and O–H groups in total. The number of aryl methyl sites for hydroxylation is 1. The molecule has 0 aliphatic carbocycles. The zero-order chi connectivity index (χ0) is 17.5. The highest BCUT2D eigenvalue weighted by Crippen LogP contribution is 2.42. The van der Waals surface area contributed by atoms with Crippen LogP contribution in [0.25, 0.3) is 0 Å². The number of nitrogens with zero attached hydrogens (tertiary/aromatic N) is 1. The van der Waals surface area contributed by atoms with Crippen LogP contribution in [0, 0.1) is 0 Å². The SMILES string of the molecule is CCCCc1cn([C@@H]2O[C@H](CO)[C@H]3OC(C)(C)O[C@H]32)c(=O)[nH]c1=O. The first-order valence-corrected chi connectivity index (χ1v) is 8.32. The third-order valence-corrected chi connectivity index (χ3v) is 4.42. The van der Waals surface area contributed by atoms with Crippen molar-refractivity contribution in [3.05, 3.63) is 32.6 Å². The normalized spacial score (nSPS) is 31.3. The van der Waals surface area contributed by atoms with Crippen molar-refractivity contribution in [3.63, 3.8) is 0 Å². The number of fused-ring (bicyclic) bond motifs is 1. The highest BCUT2D eigenvalue weighted by Gasteiger charge is 2.55. The van der Waals surface area contributed by atoms with Crippen molar-refractivity contribution in [1.29, 1.82) is 0 Å². The minimum Gasteiger partial charge on any atom is -0.394 e. The van der Waals surface area contributed by atoms with Gasteiger partial charge in [0.1, 0.15) is 18.3 Å². The van der Waals surface area contributed by atoms with Crippen LogP contribution in [0.15, 0.2) is 15.8 Å². The summed E-state index contributed by atoms with van der Waals surface area (Å²) < 4.78 is 18.8. The van der Waals surface area contributed by atoms with E-state index < -0.39 is 36.0 Å². The van der Waals surface area contributed by atoms with E-state index in [9.17, 15) is 14.7 Å². The summed E-state index contributed by atoms with van der Waals surface area (Å²) >= 11 is 0. The average molecular weight is 340 g/mol. The van der Waals surface area contributed by atoms with Crippen molar-refractivity contribution in [3.8, 4) is 0 Å². The van der Waals surface area contributed by atoms with Crippen LogP contribution in [0.1, 0.15) is 45.4 Å². The number of H-pyrrole nitrogens is 1. The van der Waals surface area contributed by atoms with Gasteiger partial charge in [-0.25, -0.2) is 4.79 Å². The van der Waals surface area contributed by atoms with Gasteiger partial charge in [0.05, 0.1) is 6.61 Å². The number of nitrogens with one attached hydrogen (secondary N) is 1. The van der Waals surface area contributed by atoms with Crippen LogP contribution in [0.5, 0.6) is 0 Å². The van der Waals surface area contributed by atoms with Gasteiger partial charge in [0.15, 0.2) is 12.0 Å². The number of unbranched alkanes of at least 4 members (excludes halogenated alkanes) is 1. The maximum atomic E-state index is 12.3. The number of rotatable bonds is 5. The molecule has 0 aromatic carbocycles. The number of ether oxygens (including phenoxy) is 3. The van der Waals surface area contributed by atoms with Gasteiger partial charge in [0.25, 0.3) is 5.56 Å². The molecule has 2 aliphatic heterocycles. The van der Waals surface area contributed by atoms with Crippen molar-refractivity contribution in [2.45, 2.75) is 70.4 Å². The molecule has 0 unspecified atom stereocenters. The summed E-state index contributed by atoms with van der Waals surface area (Å²) in [4.78, 5) is 26.6. The fourth-order valence-corrected chi connectivity index (χ4v) is 3.29. The van der Waals surface area contributed by atoms with Crippen LogP contribution in [-0.4, -0.2) is 45.4 Å². The summed E-state index contributed by atoms with van der Waals surface area (Å²) in [6.45, 7) is 5.35. The molecule has 8 nitrogen and oxygen atoms in total. The molecule has 0 spiro atoms. The van der Waals surface area contributed by atoms with E-state index in [0.29, 0.717) is 12.0 Å². The monoisotopic (exact) mass is 340 g/mol. The van der Waals surface area contributed by atoms with Gasteiger partial charge in [-0.1, -0.05) is 13.3 Å². The molecule has 0 saturated carbocycles. The maximum absolute atomic E-state index is 12.3. The Morgan fingerprint density at radius 3 is 2.67 bits per heavy atom. The largest absolute Gasteiger partial charge is 0.394 e. The van der Waals surface area contributed by atoms with Crippen molar-refractivity contribution in [2.75, 3.05) is 6.61 Å². The second-order valence-electron chi connectivity index (χ2n) is 6.74. The van der Waals surface area contributed by atoms with Crippen LogP contribution < -0.4 is 11.2 Å². The molecular formula is C16H24N2O6. The summed E-state index contributed by atoms with van der Waals surface area (Å²) in [6, 6.07) is 0. The Morgan fingerprint density at radius 1 is 1.29 bits per heavy atom. The summed E-state index contributed by atoms with van der Waals surface area (Å²) in [5.41, 5.74) is -0.403. The molecule has 8 heteroatoms. The molecule has 0 radical (unpaired) electrons. The minimum atomic E-state index is -0.818. The first kappa shape index (κ1) is 17.3. The smallest absolute Gasteiger partial charge is 0.330 e. The predicted molar refractivity (Wildman–Crippen MR) is 84.8 cm³/mol. The second kappa shape index (κ2) is 6.44. The standard InChI is InChI=1S/C16H24N2O6/c1-4-5-6-9-7-18(15(21)17-13(9)20)14-12-11(10(8-19)22-14)23-16(2,3)24-12/h7,10-12,14,19H,4-6,8H2,1-3H3,(H,17,20,21)/t10-,11-,12-,14-/m1/s1. The van der Waals surface area contributed by atoms with Crippen molar-refractivity contribution < 1.29 is 19.3 Å². The Labute approximate surface area is 139 Å². The number of aromatic amines is 1. The van der Waals surface area contributed by atoms with E-state index in [1.165, 1.54) is 10.8 Å². The van der Waals surface area contributed by atoms with Crippen LogP contribution >= 0.6 is 0 Å². The van der Waals surface area contributed by atoms with E-state index in [1.54, 1.807) is 13.8 Å². The average Bonchev–Trinajstić information content (AvgIpc) is 2.99. The number of aliphatic hydroxyl groups excluding tert-OH is 1. The minimum absolute atomic E-state index is 0.238. The van der Waals surface area contributed by atoms with E-state index in [-0.39, 0.29) is 12.2 Å². The summed E-state index contributed by atoms with van der Waals surface area (Å²) in [7, 11) is 0. The van der Waals surface area contributed by atoms with E-state index in [1.807, 2.05) is 6.92 Å². The van der Waals surface area contributed by atoms with Gasteiger partial charge >= 0.3 is 5.69 Å². The highest BCUT2D eigenvalue weighted by atomic mass is 16.8. The van der Waals surface area contributed by atoms with E-state index >= 15 is 0 Å². The van der Waals surface area contributed by atoms with Crippen molar-refractivity contribution >= 4 is 0 Å². The van der Waals surface area contributed by atoms with Gasteiger partial charge < -0.3 is 19.3 Å². The molecule has 3 heterocycles. The second-order valence-corrected chi connectivity index (χ2v) is 6.74. The van der Waals surface area contributed by atoms with Crippen LogP contribution in [0.3, 0.4) is 0 Å². The fourth-order valence-electron chi connectivity index (χ4n) is 3.29. The molecule has 2 aliphatic rings. The van der Waals surface area contributed by atoms with Crippen LogP contribution in [0.2, 0.25) is 0 Å². The molecule has 2 fully saturated rings. The molecule has 1 aromatic heterocycles. The predicted octanol–water partition coefficient (Wildman–Crippen LogP) is 0.289. The maximum Gasteiger partial charge on any atom is 0.330 e. The zero-order valence-corrected chi connectivity index (χ0v) is 14.2. The molecule has 24 heavy (non-hydrogen) atoms. The van der Waals surface area contributed by atoms with Gasteiger partial charge in [0.2, 0.25) is 0 Å². The molecule has 3 rings (SSSR count). The summed E-state index contributed by atoms with van der Waals surface area (Å²) in [6.07, 6.45) is 1.59. The fraction of sp³-hybridized carbons (Fsp3) is 0.750. The molecule has 1 aromatic rings. The van der Waals surface area contributed by atoms with Crippen molar-refractivity contribution in [2.24, 2.45) is 0 Å². The molecule has 0 amide bonds. The van der Waals surface area contributed by atoms with Crippen molar-refractivity contribution in [1.82, 2.24) is 9.55 Å². The summed E-state index contributed by atoms with van der Waals surface area (Å²) in [5.74, 6) is -0.818. The Balaban J connectivity index is 1.96.